The minimum atomic E-state index is -0.0351. The van der Waals surface area contributed by atoms with E-state index in [9.17, 15) is 4.79 Å². The molecule has 122 valence electrons. The maximum atomic E-state index is 12.6. The Bertz CT molecular complexity index is 657. The summed E-state index contributed by atoms with van der Waals surface area (Å²) in [7, 11) is 2.05. The zero-order valence-corrected chi connectivity index (χ0v) is 14.3. The van der Waals surface area contributed by atoms with Gasteiger partial charge in [-0.2, -0.15) is 11.3 Å². The van der Waals surface area contributed by atoms with Crippen LogP contribution in [0.2, 0.25) is 0 Å². The number of benzene rings is 1. The molecule has 3 rings (SSSR count). The highest BCUT2D eigenvalue weighted by Crippen LogP contribution is 2.23. The highest BCUT2D eigenvalue weighted by atomic mass is 32.1. The molecule has 5 heteroatoms. The fraction of sp³-hybridized carbons (Fsp3) is 0.389. The van der Waals surface area contributed by atoms with Crippen LogP contribution in [-0.2, 0) is 4.74 Å². The second-order valence-corrected chi connectivity index (χ2v) is 6.67. The van der Waals surface area contributed by atoms with Gasteiger partial charge in [0.25, 0.3) is 5.91 Å². The average Bonchev–Trinajstić information content (AvgIpc) is 3.18. The second kappa shape index (κ2) is 7.25. The molecule has 1 aromatic carbocycles. The number of nitrogens with zero attached hydrogens (tertiary/aromatic N) is 1. The van der Waals surface area contributed by atoms with Gasteiger partial charge in [0.1, 0.15) is 0 Å². The molecule has 0 aliphatic carbocycles. The highest BCUT2D eigenvalue weighted by Gasteiger charge is 2.32. The summed E-state index contributed by atoms with van der Waals surface area (Å²) in [6, 6.07) is 9.88. The van der Waals surface area contributed by atoms with E-state index in [1.165, 1.54) is 0 Å². The van der Waals surface area contributed by atoms with Crippen LogP contribution in [0.4, 0.5) is 0 Å². The summed E-state index contributed by atoms with van der Waals surface area (Å²) in [5, 5.41) is 7.27. The summed E-state index contributed by atoms with van der Waals surface area (Å²) in [4.78, 5) is 14.8. The number of carbonyl (C=O) groups excluding carboxylic acids is 1. The Labute approximate surface area is 141 Å². The van der Waals surface area contributed by atoms with Crippen molar-refractivity contribution in [3.8, 4) is 11.1 Å². The summed E-state index contributed by atoms with van der Waals surface area (Å²) in [5.41, 5.74) is 2.92. The lowest BCUT2D eigenvalue weighted by molar-refractivity contribution is 0.0513. The number of amides is 1. The predicted octanol–water partition coefficient (Wildman–Crippen LogP) is 2.86. The number of hydrogen-bond acceptors (Lipinski definition) is 4. The van der Waals surface area contributed by atoms with Gasteiger partial charge in [0, 0.05) is 25.3 Å². The third kappa shape index (κ3) is 3.80. The molecule has 0 bridgehead atoms. The Hall–Kier alpha value is -1.69. The molecule has 2 heterocycles. The van der Waals surface area contributed by atoms with Gasteiger partial charge in [0.05, 0.1) is 12.1 Å². The van der Waals surface area contributed by atoms with Gasteiger partial charge >= 0.3 is 0 Å². The Morgan fingerprint density at radius 1 is 1.35 bits per heavy atom. The van der Waals surface area contributed by atoms with Crippen LogP contribution in [0.5, 0.6) is 0 Å². The van der Waals surface area contributed by atoms with Gasteiger partial charge in [-0.05, 0) is 54.1 Å². The van der Waals surface area contributed by atoms with Crippen LogP contribution in [0.3, 0.4) is 0 Å². The first kappa shape index (κ1) is 16.2. The molecule has 1 amide bonds. The summed E-state index contributed by atoms with van der Waals surface area (Å²) in [6.45, 7) is 4.33. The van der Waals surface area contributed by atoms with E-state index in [4.69, 9.17) is 4.74 Å². The van der Waals surface area contributed by atoms with E-state index in [-0.39, 0.29) is 18.1 Å². The molecule has 0 radical (unpaired) electrons. The van der Waals surface area contributed by atoms with Gasteiger partial charge in [-0.25, -0.2) is 0 Å². The van der Waals surface area contributed by atoms with Crippen LogP contribution in [0.15, 0.2) is 41.1 Å². The van der Waals surface area contributed by atoms with Gasteiger partial charge in [-0.1, -0.05) is 12.1 Å². The number of likely N-dealkylation sites (N-methyl/N-ethyl adjacent to an activating group) is 1. The molecule has 23 heavy (non-hydrogen) atoms. The number of carbonyl (C=O) groups is 1. The third-order valence-electron chi connectivity index (χ3n) is 4.13. The lowest BCUT2D eigenvalue weighted by atomic mass is 10.1. The predicted molar refractivity (Wildman–Crippen MR) is 93.9 cm³/mol. The Morgan fingerprint density at radius 2 is 2.22 bits per heavy atom. The molecule has 0 unspecified atom stereocenters. The van der Waals surface area contributed by atoms with Crippen molar-refractivity contribution in [1.29, 1.82) is 0 Å². The lowest BCUT2D eigenvalue weighted by Gasteiger charge is -2.20. The smallest absolute Gasteiger partial charge is 0.251 e. The standard InChI is InChI=1S/C18H22N2O2S/c1-3-22-17-11-20(2)10-16(17)19-18(21)14-6-4-5-13(9-14)15-7-8-23-12-15/h4-9,12,16-17H,3,10-11H2,1-2H3,(H,19,21)/t16-,17-/m1/s1. The first-order chi connectivity index (χ1) is 11.2. The number of nitrogens with one attached hydrogen (secondary N) is 1. The molecule has 2 aromatic rings. The van der Waals surface area contributed by atoms with E-state index in [0.29, 0.717) is 12.2 Å². The Kier molecular flexibility index (Phi) is 5.10. The van der Waals surface area contributed by atoms with Gasteiger partial charge in [-0.3, -0.25) is 4.79 Å². The van der Waals surface area contributed by atoms with Crippen molar-refractivity contribution in [2.24, 2.45) is 0 Å². The van der Waals surface area contributed by atoms with Gasteiger partial charge in [0.15, 0.2) is 0 Å². The van der Waals surface area contributed by atoms with Gasteiger partial charge < -0.3 is 15.0 Å². The van der Waals surface area contributed by atoms with Crippen molar-refractivity contribution < 1.29 is 9.53 Å². The summed E-state index contributed by atoms with van der Waals surface area (Å²) >= 11 is 1.66. The largest absolute Gasteiger partial charge is 0.375 e. The van der Waals surface area contributed by atoms with Crippen molar-refractivity contribution in [3.63, 3.8) is 0 Å². The monoisotopic (exact) mass is 330 g/mol. The topological polar surface area (TPSA) is 41.6 Å². The van der Waals surface area contributed by atoms with Crippen molar-refractivity contribution >= 4 is 17.2 Å². The van der Waals surface area contributed by atoms with Crippen LogP contribution in [0, 0.1) is 0 Å². The average molecular weight is 330 g/mol. The van der Waals surface area contributed by atoms with Crippen LogP contribution >= 0.6 is 11.3 Å². The van der Waals surface area contributed by atoms with E-state index >= 15 is 0 Å². The molecule has 1 aliphatic heterocycles. The SMILES string of the molecule is CCO[C@@H]1CN(C)C[C@H]1NC(=O)c1cccc(-c2ccsc2)c1. The molecule has 0 spiro atoms. The number of likely N-dealkylation sites (tertiary alicyclic amines) is 1. The fourth-order valence-electron chi connectivity index (χ4n) is 3.00. The number of rotatable bonds is 5. The van der Waals surface area contributed by atoms with E-state index in [2.05, 4.69) is 28.7 Å². The van der Waals surface area contributed by atoms with E-state index in [1.807, 2.05) is 36.6 Å². The molecule has 0 saturated carbocycles. The molecule has 1 fully saturated rings. The van der Waals surface area contributed by atoms with Crippen molar-refractivity contribution in [1.82, 2.24) is 10.2 Å². The van der Waals surface area contributed by atoms with Crippen molar-refractivity contribution in [3.05, 3.63) is 46.7 Å². The lowest BCUT2D eigenvalue weighted by Crippen LogP contribution is -2.43. The molecule has 4 nitrogen and oxygen atoms in total. The zero-order valence-electron chi connectivity index (χ0n) is 13.5. The van der Waals surface area contributed by atoms with E-state index < -0.39 is 0 Å². The molecule has 1 aliphatic rings. The molecule has 1 N–H and O–H groups in total. The molecule has 1 aromatic heterocycles. The maximum absolute atomic E-state index is 12.6. The summed E-state index contributed by atoms with van der Waals surface area (Å²) in [6.07, 6.45) is 0.0639. The highest BCUT2D eigenvalue weighted by molar-refractivity contribution is 7.08. The second-order valence-electron chi connectivity index (χ2n) is 5.89. The summed E-state index contributed by atoms with van der Waals surface area (Å²) in [5.74, 6) is -0.0351. The molecular weight excluding hydrogens is 308 g/mol. The van der Waals surface area contributed by atoms with Crippen LogP contribution in [0.1, 0.15) is 17.3 Å². The molecular formula is C18H22N2O2S. The summed E-state index contributed by atoms with van der Waals surface area (Å²) < 4.78 is 5.75. The maximum Gasteiger partial charge on any atom is 0.251 e. The minimum absolute atomic E-state index is 0.0351. The number of hydrogen-bond donors (Lipinski definition) is 1. The Balaban J connectivity index is 1.72. The van der Waals surface area contributed by atoms with Crippen LogP contribution < -0.4 is 5.32 Å². The Morgan fingerprint density at radius 3 is 2.96 bits per heavy atom. The minimum Gasteiger partial charge on any atom is -0.375 e. The number of thiophene rings is 1. The molecule has 2 atom stereocenters. The third-order valence-corrected chi connectivity index (χ3v) is 4.81. The van der Waals surface area contributed by atoms with Gasteiger partial charge in [-0.15, -0.1) is 0 Å². The van der Waals surface area contributed by atoms with Gasteiger partial charge in [0.2, 0.25) is 0 Å². The normalized spacial score (nSPS) is 21.5. The fourth-order valence-corrected chi connectivity index (χ4v) is 3.67. The first-order valence-electron chi connectivity index (χ1n) is 7.91. The zero-order chi connectivity index (χ0) is 16.2. The van der Waals surface area contributed by atoms with Crippen molar-refractivity contribution in [2.45, 2.75) is 19.1 Å². The van der Waals surface area contributed by atoms with Crippen LogP contribution in [-0.4, -0.2) is 49.7 Å². The van der Waals surface area contributed by atoms with E-state index in [0.717, 1.165) is 24.2 Å². The number of ether oxygens (including phenoxy) is 1. The van der Waals surface area contributed by atoms with E-state index in [1.54, 1.807) is 11.3 Å². The molecule has 1 saturated heterocycles. The quantitative estimate of drug-likeness (QED) is 0.916. The van der Waals surface area contributed by atoms with Crippen molar-refractivity contribution in [2.75, 3.05) is 26.7 Å². The van der Waals surface area contributed by atoms with Crippen LogP contribution in [0.25, 0.3) is 11.1 Å². The first-order valence-corrected chi connectivity index (χ1v) is 8.85.